The molecule has 1 aliphatic rings. The van der Waals surface area contributed by atoms with E-state index in [0.717, 1.165) is 16.8 Å². The Morgan fingerprint density at radius 1 is 1.00 bits per heavy atom. The summed E-state index contributed by atoms with van der Waals surface area (Å²) >= 11 is 0. The van der Waals surface area contributed by atoms with Crippen LogP contribution in [-0.4, -0.2) is 76.8 Å². The summed E-state index contributed by atoms with van der Waals surface area (Å²) in [6, 6.07) is 21.4. The molecule has 3 atom stereocenters. The highest BCUT2D eigenvalue weighted by atomic mass is 16.5. The Morgan fingerprint density at radius 2 is 1.76 bits per heavy atom. The second kappa shape index (κ2) is 13.5. The van der Waals surface area contributed by atoms with Crippen LogP contribution < -0.4 is 15.8 Å². The van der Waals surface area contributed by atoms with Crippen LogP contribution >= 0.6 is 0 Å². The first-order valence-corrected chi connectivity index (χ1v) is 14.0. The molecular weight excluding hydrogens is 530 g/mol. The third kappa shape index (κ3) is 7.09. The molecule has 5 rings (SSSR count). The predicted octanol–water partition coefficient (Wildman–Crippen LogP) is 4.18. The van der Waals surface area contributed by atoms with E-state index in [4.69, 9.17) is 15.2 Å². The number of nitrogens with two attached hydrogens (primary N) is 1. The Hall–Kier alpha value is -4.38. The first kappa shape index (κ1) is 29.1. The quantitative estimate of drug-likeness (QED) is 0.354. The summed E-state index contributed by atoms with van der Waals surface area (Å²) < 4.78 is 12.1. The molecule has 10 nitrogen and oxygen atoms in total. The number of aromatic nitrogens is 3. The summed E-state index contributed by atoms with van der Waals surface area (Å²) in [5.74, 6) is 0.817. The van der Waals surface area contributed by atoms with Crippen LogP contribution in [0.15, 0.2) is 85.3 Å². The summed E-state index contributed by atoms with van der Waals surface area (Å²) in [6.07, 6.45) is 4.49. The van der Waals surface area contributed by atoms with Crippen molar-refractivity contribution in [1.82, 2.24) is 24.8 Å². The number of hydrogen-bond acceptors (Lipinski definition) is 9. The first-order valence-electron chi connectivity index (χ1n) is 14.0. The van der Waals surface area contributed by atoms with E-state index in [2.05, 4.69) is 56.4 Å². The van der Waals surface area contributed by atoms with Crippen molar-refractivity contribution in [3.05, 3.63) is 96.4 Å². The molecule has 0 saturated carbocycles. The number of amides is 1. The molecule has 0 unspecified atom stereocenters. The van der Waals surface area contributed by atoms with Crippen molar-refractivity contribution in [3.8, 4) is 17.0 Å². The number of benzene rings is 2. The lowest BCUT2D eigenvalue weighted by Gasteiger charge is -2.36. The highest BCUT2D eigenvalue weighted by Gasteiger charge is 2.29. The number of fused-ring (bicyclic) bond motifs is 1. The molecule has 10 heteroatoms. The molecule has 1 aliphatic heterocycles. The van der Waals surface area contributed by atoms with Crippen LogP contribution in [0.2, 0.25) is 0 Å². The number of carbonyl (C=O) groups is 1. The lowest BCUT2D eigenvalue weighted by molar-refractivity contribution is 0.00808. The Morgan fingerprint density at radius 3 is 2.48 bits per heavy atom. The number of ether oxygens (including phenoxy) is 2. The molecule has 218 valence electrons. The minimum Gasteiger partial charge on any atom is -0.490 e. The fourth-order valence-corrected chi connectivity index (χ4v) is 5.07. The van der Waals surface area contributed by atoms with E-state index in [1.54, 1.807) is 55.8 Å². The van der Waals surface area contributed by atoms with Crippen LogP contribution in [0.1, 0.15) is 22.8 Å². The third-order valence-electron chi connectivity index (χ3n) is 7.47. The molecule has 0 bridgehead atoms. The van der Waals surface area contributed by atoms with Gasteiger partial charge in [-0.05, 0) is 47.9 Å². The standard InChI is InChI=1S/C32H37N7O3/c1-22-18-39(19-23-8-10-24(11-9-23)27-7-4-5-14-34-27)30(33)21-42-28-13-12-25(37-32-35-15-6-16-36-32)17-26(28)31(40)38(2)20-29(22)41-3/h4-17,22,29-30H,18-21,33H2,1-3H3,(H,35,36,37)/t22-,29-,30+/m0/s1. The molecule has 0 radical (unpaired) electrons. The normalized spacial score (nSPS) is 20.1. The predicted molar refractivity (Wildman–Crippen MR) is 162 cm³/mol. The smallest absolute Gasteiger partial charge is 0.257 e. The van der Waals surface area contributed by atoms with Gasteiger partial charge in [0.25, 0.3) is 5.91 Å². The van der Waals surface area contributed by atoms with Crippen LogP contribution in [0, 0.1) is 5.92 Å². The largest absolute Gasteiger partial charge is 0.490 e. The highest BCUT2D eigenvalue weighted by Crippen LogP contribution is 2.27. The summed E-state index contributed by atoms with van der Waals surface area (Å²) in [4.78, 5) is 30.4. The minimum absolute atomic E-state index is 0.0891. The van der Waals surface area contributed by atoms with Crippen LogP contribution in [0.5, 0.6) is 5.75 Å². The Kier molecular flexibility index (Phi) is 9.38. The Balaban J connectivity index is 1.39. The van der Waals surface area contributed by atoms with Gasteiger partial charge < -0.3 is 25.4 Å². The third-order valence-corrected chi connectivity index (χ3v) is 7.47. The number of methoxy groups -OCH3 is 1. The zero-order valence-electron chi connectivity index (χ0n) is 24.2. The number of likely N-dealkylation sites (N-methyl/N-ethyl adjacent to an activating group) is 1. The molecule has 3 heterocycles. The van der Waals surface area contributed by atoms with E-state index in [0.29, 0.717) is 42.6 Å². The molecule has 4 aromatic rings. The molecule has 0 aliphatic carbocycles. The lowest BCUT2D eigenvalue weighted by atomic mass is 10.0. The number of pyridine rings is 1. The fraction of sp³-hybridized carbons (Fsp3) is 0.312. The van der Waals surface area contributed by atoms with Gasteiger partial charge in [0.05, 0.1) is 23.5 Å². The fourth-order valence-electron chi connectivity index (χ4n) is 5.07. The molecule has 0 fully saturated rings. The summed E-state index contributed by atoms with van der Waals surface area (Å²) in [5, 5.41) is 3.15. The first-order chi connectivity index (χ1) is 20.4. The van der Waals surface area contributed by atoms with Gasteiger partial charge in [0.1, 0.15) is 12.4 Å². The topological polar surface area (TPSA) is 119 Å². The SMILES string of the molecule is CO[C@H]1CN(C)C(=O)c2cc(Nc3ncccn3)ccc2OC[C@H](N)N(Cc2ccc(-c3ccccn3)cc2)C[C@@H]1C. The number of carbonyl (C=O) groups excluding carboxylic acids is 1. The van der Waals surface area contributed by atoms with E-state index < -0.39 is 6.17 Å². The van der Waals surface area contributed by atoms with Gasteiger partial charge in [-0.1, -0.05) is 37.3 Å². The van der Waals surface area contributed by atoms with Crippen molar-refractivity contribution < 1.29 is 14.3 Å². The van der Waals surface area contributed by atoms with E-state index in [1.807, 2.05) is 24.3 Å². The van der Waals surface area contributed by atoms with Crippen molar-refractivity contribution in [3.63, 3.8) is 0 Å². The molecule has 0 saturated heterocycles. The molecule has 1 amide bonds. The van der Waals surface area contributed by atoms with Gasteiger partial charge in [0.15, 0.2) is 0 Å². The number of anilines is 2. The second-order valence-corrected chi connectivity index (χ2v) is 10.6. The molecule has 2 aromatic heterocycles. The van der Waals surface area contributed by atoms with Crippen molar-refractivity contribution in [2.24, 2.45) is 11.7 Å². The average molecular weight is 568 g/mol. The van der Waals surface area contributed by atoms with Crippen molar-refractivity contribution in [2.45, 2.75) is 25.7 Å². The van der Waals surface area contributed by atoms with Crippen LogP contribution in [0.4, 0.5) is 11.6 Å². The number of nitrogens with zero attached hydrogens (tertiary/aromatic N) is 5. The van der Waals surface area contributed by atoms with Crippen LogP contribution in [0.25, 0.3) is 11.3 Å². The van der Waals surface area contributed by atoms with Crippen LogP contribution in [-0.2, 0) is 11.3 Å². The maximum atomic E-state index is 13.6. The van der Waals surface area contributed by atoms with Gasteiger partial charge in [-0.2, -0.15) is 0 Å². The van der Waals surface area contributed by atoms with Crippen LogP contribution in [0.3, 0.4) is 0 Å². The number of hydrogen-bond donors (Lipinski definition) is 2. The van der Waals surface area contributed by atoms with Gasteiger partial charge in [0, 0.05) is 63.6 Å². The van der Waals surface area contributed by atoms with E-state index in [1.165, 1.54) is 0 Å². The van der Waals surface area contributed by atoms with E-state index >= 15 is 0 Å². The zero-order valence-corrected chi connectivity index (χ0v) is 24.2. The molecule has 42 heavy (non-hydrogen) atoms. The van der Waals surface area contributed by atoms with Gasteiger partial charge in [0.2, 0.25) is 5.95 Å². The molecule has 2 aromatic carbocycles. The highest BCUT2D eigenvalue weighted by molar-refractivity contribution is 5.98. The molecular formula is C32H37N7O3. The monoisotopic (exact) mass is 567 g/mol. The van der Waals surface area contributed by atoms with Gasteiger partial charge in [-0.25, -0.2) is 9.97 Å². The van der Waals surface area contributed by atoms with Gasteiger partial charge in [-0.15, -0.1) is 0 Å². The number of rotatable bonds is 6. The summed E-state index contributed by atoms with van der Waals surface area (Å²) in [6.45, 7) is 4.04. The Bertz CT molecular complexity index is 1450. The summed E-state index contributed by atoms with van der Waals surface area (Å²) in [5.41, 5.74) is 11.0. The second-order valence-electron chi connectivity index (χ2n) is 10.6. The van der Waals surface area contributed by atoms with E-state index in [9.17, 15) is 4.79 Å². The van der Waals surface area contributed by atoms with Gasteiger partial charge >= 0.3 is 0 Å². The van der Waals surface area contributed by atoms with Crippen molar-refractivity contribution in [1.29, 1.82) is 0 Å². The summed E-state index contributed by atoms with van der Waals surface area (Å²) in [7, 11) is 3.47. The average Bonchev–Trinajstić information content (AvgIpc) is 3.02. The van der Waals surface area contributed by atoms with Gasteiger partial charge in [-0.3, -0.25) is 14.7 Å². The lowest BCUT2D eigenvalue weighted by Crippen LogP contribution is -2.50. The maximum absolute atomic E-state index is 13.6. The molecule has 3 N–H and O–H groups in total. The Labute approximate surface area is 246 Å². The number of nitrogens with one attached hydrogen (secondary N) is 1. The zero-order chi connectivity index (χ0) is 29.5. The minimum atomic E-state index is -0.420. The molecule has 0 spiro atoms. The van der Waals surface area contributed by atoms with Crippen molar-refractivity contribution >= 4 is 17.5 Å². The maximum Gasteiger partial charge on any atom is 0.257 e. The van der Waals surface area contributed by atoms with E-state index in [-0.39, 0.29) is 24.5 Å². The van der Waals surface area contributed by atoms with Crippen molar-refractivity contribution in [2.75, 3.05) is 39.2 Å².